The summed E-state index contributed by atoms with van der Waals surface area (Å²) in [4.78, 5) is 30.3. The van der Waals surface area contributed by atoms with E-state index in [0.717, 1.165) is 35.4 Å². The zero-order valence-electron chi connectivity index (χ0n) is 17.4. The van der Waals surface area contributed by atoms with Crippen LogP contribution in [0.5, 0.6) is 0 Å². The van der Waals surface area contributed by atoms with Gasteiger partial charge in [0.15, 0.2) is 17.3 Å². The number of carboxylic acid groups (broad SMARTS) is 1. The fourth-order valence-corrected chi connectivity index (χ4v) is 4.01. The molecule has 168 valence electrons. The summed E-state index contributed by atoms with van der Waals surface area (Å²) in [6.07, 6.45) is 1.68. The predicted octanol–water partition coefficient (Wildman–Crippen LogP) is 3.08. The third-order valence-corrected chi connectivity index (χ3v) is 5.37. The van der Waals surface area contributed by atoms with Gasteiger partial charge >= 0.3 is 5.97 Å². The van der Waals surface area contributed by atoms with Gasteiger partial charge in [-0.1, -0.05) is 13.8 Å². The quantitative estimate of drug-likeness (QED) is 0.627. The average molecular weight is 446 g/mol. The summed E-state index contributed by atoms with van der Waals surface area (Å²) in [7, 11) is 0. The van der Waals surface area contributed by atoms with Crippen molar-refractivity contribution in [3.05, 3.63) is 63.7 Å². The van der Waals surface area contributed by atoms with Gasteiger partial charge in [0, 0.05) is 37.4 Å². The molecular weight excluding hydrogens is 425 g/mol. The summed E-state index contributed by atoms with van der Waals surface area (Å²) in [5.74, 6) is -4.17. The van der Waals surface area contributed by atoms with E-state index >= 15 is 0 Å². The Bertz CT molecular complexity index is 1280. The van der Waals surface area contributed by atoms with Gasteiger partial charge in [-0.05, 0) is 24.6 Å². The summed E-state index contributed by atoms with van der Waals surface area (Å²) in [5, 5.41) is 12.5. The van der Waals surface area contributed by atoms with Gasteiger partial charge < -0.3 is 15.3 Å². The molecule has 1 saturated heterocycles. The summed E-state index contributed by atoms with van der Waals surface area (Å²) in [6, 6.07) is 4.02. The van der Waals surface area contributed by atoms with Gasteiger partial charge in [-0.3, -0.25) is 9.36 Å². The van der Waals surface area contributed by atoms with Crippen LogP contribution in [0.3, 0.4) is 0 Å². The number of fused-ring (bicyclic) bond motifs is 1. The third-order valence-electron chi connectivity index (χ3n) is 5.37. The Hall–Kier alpha value is -3.40. The van der Waals surface area contributed by atoms with Crippen molar-refractivity contribution in [1.29, 1.82) is 0 Å². The van der Waals surface area contributed by atoms with E-state index in [9.17, 15) is 27.9 Å². The Morgan fingerprint density at radius 3 is 2.62 bits per heavy atom. The molecular formula is C22H21F3N4O3. The summed E-state index contributed by atoms with van der Waals surface area (Å²) in [5.41, 5.74) is -1.96. The van der Waals surface area contributed by atoms with Crippen LogP contribution < -0.4 is 15.6 Å². The molecule has 0 amide bonds. The van der Waals surface area contributed by atoms with Gasteiger partial charge in [-0.25, -0.2) is 22.9 Å². The number of halogens is 3. The average Bonchev–Trinajstić information content (AvgIpc) is 3.16. The van der Waals surface area contributed by atoms with Crippen molar-refractivity contribution < 1.29 is 23.1 Å². The Morgan fingerprint density at radius 1 is 1.22 bits per heavy atom. The third kappa shape index (κ3) is 3.93. The lowest BCUT2D eigenvalue weighted by atomic mass is 10.1. The maximum atomic E-state index is 15.0. The van der Waals surface area contributed by atoms with Gasteiger partial charge in [0.05, 0.1) is 11.1 Å². The minimum Gasteiger partial charge on any atom is -0.477 e. The molecule has 32 heavy (non-hydrogen) atoms. The lowest BCUT2D eigenvalue weighted by Gasteiger charge is -2.21. The molecule has 7 nitrogen and oxygen atoms in total. The summed E-state index contributed by atoms with van der Waals surface area (Å²) >= 11 is 0. The Balaban J connectivity index is 1.92. The van der Waals surface area contributed by atoms with Gasteiger partial charge in [0.1, 0.15) is 17.2 Å². The minimum absolute atomic E-state index is 0.0238. The number of nitrogens with one attached hydrogen (secondary N) is 1. The number of carboxylic acids is 1. The summed E-state index contributed by atoms with van der Waals surface area (Å²) in [6.45, 7) is 5.01. The topological polar surface area (TPSA) is 87.5 Å². The number of hydrogen-bond acceptors (Lipinski definition) is 5. The van der Waals surface area contributed by atoms with Gasteiger partial charge in [-0.2, -0.15) is 0 Å². The molecule has 10 heteroatoms. The SMILES string of the molecule is CC(C)NC1CCN(c2nc3c(cc2F)c(=O)c(C(=O)O)cn3-c2ccc(F)cc2F)C1. The number of hydrogen-bond donors (Lipinski definition) is 2. The van der Waals surface area contributed by atoms with E-state index in [1.54, 1.807) is 4.90 Å². The molecule has 2 N–H and O–H groups in total. The van der Waals surface area contributed by atoms with E-state index in [0.29, 0.717) is 19.2 Å². The fraction of sp³-hybridized carbons (Fsp3) is 0.318. The lowest BCUT2D eigenvalue weighted by molar-refractivity contribution is 0.0695. The van der Waals surface area contributed by atoms with Crippen molar-refractivity contribution in [3.8, 4) is 5.69 Å². The lowest BCUT2D eigenvalue weighted by Crippen LogP contribution is -2.37. The molecule has 0 aliphatic carbocycles. The monoisotopic (exact) mass is 446 g/mol. The van der Waals surface area contributed by atoms with Crippen LogP contribution in [0.1, 0.15) is 30.6 Å². The first-order valence-electron chi connectivity index (χ1n) is 10.1. The number of benzene rings is 1. The highest BCUT2D eigenvalue weighted by atomic mass is 19.1. The van der Waals surface area contributed by atoms with Crippen LogP contribution in [-0.2, 0) is 0 Å². The molecule has 3 heterocycles. The van der Waals surface area contributed by atoms with Crippen molar-refractivity contribution in [2.24, 2.45) is 0 Å². The van der Waals surface area contributed by atoms with Crippen molar-refractivity contribution in [3.63, 3.8) is 0 Å². The van der Waals surface area contributed by atoms with Crippen LogP contribution in [0.15, 0.2) is 35.3 Å². The van der Waals surface area contributed by atoms with Crippen LogP contribution in [0.25, 0.3) is 16.7 Å². The smallest absolute Gasteiger partial charge is 0.341 e. The standard InChI is InChI=1S/C22H21F3N4O3/c1-11(2)26-13-5-6-28(9-13)21-17(25)8-14-19(30)15(22(31)32)10-29(20(14)27-21)18-4-3-12(23)7-16(18)24/h3-4,7-8,10-11,13,26H,5-6,9H2,1-2H3,(H,31,32). The fourth-order valence-electron chi connectivity index (χ4n) is 4.01. The maximum Gasteiger partial charge on any atom is 0.341 e. The van der Waals surface area contributed by atoms with Crippen LogP contribution in [0.4, 0.5) is 19.0 Å². The summed E-state index contributed by atoms with van der Waals surface area (Å²) < 4.78 is 44.0. The second-order valence-corrected chi connectivity index (χ2v) is 8.06. The van der Waals surface area contributed by atoms with E-state index in [4.69, 9.17) is 0 Å². The molecule has 1 aliphatic heterocycles. The highest BCUT2D eigenvalue weighted by Gasteiger charge is 2.28. The molecule has 0 saturated carbocycles. The van der Waals surface area contributed by atoms with Gasteiger partial charge in [0.2, 0.25) is 5.43 Å². The van der Waals surface area contributed by atoms with E-state index in [2.05, 4.69) is 10.3 Å². The van der Waals surface area contributed by atoms with E-state index in [1.807, 2.05) is 13.8 Å². The number of nitrogens with zero attached hydrogens (tertiary/aromatic N) is 3. The molecule has 1 aromatic carbocycles. The number of aromatic nitrogens is 2. The molecule has 2 aromatic heterocycles. The second kappa shape index (κ2) is 8.27. The van der Waals surface area contributed by atoms with Gasteiger partial charge in [0.25, 0.3) is 0 Å². The normalized spacial score (nSPS) is 16.3. The molecule has 1 fully saturated rings. The largest absolute Gasteiger partial charge is 0.477 e. The van der Waals surface area contributed by atoms with Crippen molar-refractivity contribution >= 4 is 22.8 Å². The predicted molar refractivity (Wildman–Crippen MR) is 113 cm³/mol. The number of anilines is 1. The van der Waals surface area contributed by atoms with Crippen molar-refractivity contribution in [2.75, 3.05) is 18.0 Å². The first kappa shape index (κ1) is 21.8. The molecule has 1 aliphatic rings. The number of carbonyl (C=O) groups is 1. The molecule has 1 atom stereocenters. The first-order valence-corrected chi connectivity index (χ1v) is 10.1. The van der Waals surface area contributed by atoms with Crippen LogP contribution in [0.2, 0.25) is 0 Å². The molecule has 0 bridgehead atoms. The molecule has 4 rings (SSSR count). The van der Waals surface area contributed by atoms with E-state index < -0.39 is 34.4 Å². The Kier molecular flexibility index (Phi) is 5.64. The van der Waals surface area contributed by atoms with E-state index in [-0.39, 0.29) is 34.6 Å². The zero-order valence-corrected chi connectivity index (χ0v) is 17.4. The highest BCUT2D eigenvalue weighted by Crippen LogP contribution is 2.27. The van der Waals surface area contributed by atoms with Gasteiger partial charge in [-0.15, -0.1) is 0 Å². The van der Waals surface area contributed by atoms with Crippen LogP contribution >= 0.6 is 0 Å². The van der Waals surface area contributed by atoms with Crippen molar-refractivity contribution in [1.82, 2.24) is 14.9 Å². The molecule has 0 spiro atoms. The Morgan fingerprint density at radius 2 is 1.97 bits per heavy atom. The molecule has 1 unspecified atom stereocenters. The maximum absolute atomic E-state index is 15.0. The number of aromatic carboxylic acids is 1. The number of rotatable bonds is 5. The second-order valence-electron chi connectivity index (χ2n) is 8.06. The minimum atomic E-state index is -1.56. The molecule has 3 aromatic rings. The first-order chi connectivity index (χ1) is 15.2. The number of pyridine rings is 2. The van der Waals surface area contributed by atoms with Crippen LogP contribution in [0, 0.1) is 17.5 Å². The van der Waals surface area contributed by atoms with Crippen molar-refractivity contribution in [2.45, 2.75) is 32.4 Å². The van der Waals surface area contributed by atoms with E-state index in [1.165, 1.54) is 0 Å². The highest BCUT2D eigenvalue weighted by molar-refractivity contribution is 5.92. The van der Waals surface area contributed by atoms with Crippen LogP contribution in [-0.4, -0.2) is 45.8 Å². The zero-order chi connectivity index (χ0) is 23.2. The molecule has 0 radical (unpaired) electrons. The Labute approximate surface area is 181 Å².